The van der Waals surface area contributed by atoms with Crippen LogP contribution in [0.15, 0.2) is 47.8 Å². The van der Waals surface area contributed by atoms with Gasteiger partial charge in [-0.2, -0.15) is 0 Å². The highest BCUT2D eigenvalue weighted by molar-refractivity contribution is 7.13. The van der Waals surface area contributed by atoms with Gasteiger partial charge in [-0.15, -0.1) is 11.3 Å². The number of nitrogens with zero attached hydrogens (tertiary/aromatic N) is 1. The molecule has 10 heteroatoms. The fourth-order valence-corrected chi connectivity index (χ4v) is 6.86. The number of fused-ring (bicyclic) bond motifs is 4. The van der Waals surface area contributed by atoms with E-state index >= 15 is 0 Å². The van der Waals surface area contributed by atoms with Crippen LogP contribution in [0.3, 0.4) is 0 Å². The number of hydrogen-bond acceptors (Lipinski definition) is 8. The van der Waals surface area contributed by atoms with Crippen LogP contribution in [0, 0.1) is 5.92 Å². The van der Waals surface area contributed by atoms with Crippen molar-refractivity contribution in [1.29, 1.82) is 0 Å². The lowest BCUT2D eigenvalue weighted by atomic mass is 9.92. The van der Waals surface area contributed by atoms with E-state index in [1.165, 1.54) is 12.7 Å². The number of aromatic nitrogens is 1. The predicted octanol–water partition coefficient (Wildman–Crippen LogP) is 6.71. The van der Waals surface area contributed by atoms with Crippen molar-refractivity contribution in [3.8, 4) is 27.3 Å². The van der Waals surface area contributed by atoms with Crippen LogP contribution in [0.25, 0.3) is 21.6 Å². The number of carbonyl (C=O) groups is 3. The molecule has 232 valence electrons. The Morgan fingerprint density at radius 3 is 2.69 bits per heavy atom. The summed E-state index contributed by atoms with van der Waals surface area (Å²) in [6, 6.07) is 12.8. The zero-order valence-electron chi connectivity index (χ0n) is 25.8. The summed E-state index contributed by atoms with van der Waals surface area (Å²) < 4.78 is 11.2. The molecule has 0 aliphatic carbocycles. The number of pyridine rings is 1. The van der Waals surface area contributed by atoms with Crippen molar-refractivity contribution in [1.82, 2.24) is 10.3 Å². The minimum absolute atomic E-state index is 0.0626. The second-order valence-electron chi connectivity index (χ2n) is 11.6. The fraction of sp³-hybridized carbons (Fsp3) is 0.314. The summed E-state index contributed by atoms with van der Waals surface area (Å²) in [5.74, 6) is -0.447. The van der Waals surface area contributed by atoms with Gasteiger partial charge in [-0.25, -0.2) is 9.78 Å². The smallest absolute Gasteiger partial charge is 0.357 e. The average molecular weight is 625 g/mol. The molecule has 45 heavy (non-hydrogen) atoms. The molecule has 0 spiro atoms. The molecule has 2 aliphatic heterocycles. The number of thiophene rings is 1. The van der Waals surface area contributed by atoms with Crippen molar-refractivity contribution in [3.05, 3.63) is 81.5 Å². The van der Waals surface area contributed by atoms with E-state index in [4.69, 9.17) is 9.47 Å². The maximum absolute atomic E-state index is 14.4. The summed E-state index contributed by atoms with van der Waals surface area (Å²) in [6.07, 6.45) is 2.48. The summed E-state index contributed by atoms with van der Waals surface area (Å²) in [5, 5.41) is 11.4. The van der Waals surface area contributed by atoms with Gasteiger partial charge >= 0.3 is 5.97 Å². The number of hydrogen-bond donors (Lipinski definition) is 3. The van der Waals surface area contributed by atoms with Gasteiger partial charge in [0.25, 0.3) is 11.8 Å². The minimum Gasteiger partial charge on any atom is -0.488 e. The number of benzene rings is 2. The third-order valence-corrected chi connectivity index (χ3v) is 9.04. The largest absolute Gasteiger partial charge is 0.488 e. The molecule has 0 unspecified atom stereocenters. The summed E-state index contributed by atoms with van der Waals surface area (Å²) in [4.78, 5) is 45.7. The lowest BCUT2D eigenvalue weighted by Crippen LogP contribution is -2.26. The fourth-order valence-electron chi connectivity index (χ4n) is 5.93. The van der Waals surface area contributed by atoms with Gasteiger partial charge in [0, 0.05) is 57.2 Å². The molecular formula is C35H36N4O5S. The highest BCUT2D eigenvalue weighted by atomic mass is 32.1. The van der Waals surface area contributed by atoms with Gasteiger partial charge in [0.2, 0.25) is 0 Å². The Balaban J connectivity index is 1.49. The van der Waals surface area contributed by atoms with E-state index in [1.54, 1.807) is 29.5 Å². The molecule has 0 bridgehead atoms. The SMILES string of the molecule is CCCNC(=O)c1ccc(-c2cc3c(cc2C(=O)Nc2ccc4c(c2CC(C)C)CCN4)-c2sccc2CO3)c(C(=O)OC)n1. The van der Waals surface area contributed by atoms with E-state index < -0.39 is 11.9 Å². The van der Waals surface area contributed by atoms with Crippen LogP contribution < -0.4 is 20.7 Å². The second-order valence-corrected chi connectivity index (χ2v) is 12.6. The number of carbonyl (C=O) groups excluding carboxylic acids is 3. The second kappa shape index (κ2) is 12.7. The topological polar surface area (TPSA) is 119 Å². The molecule has 9 nitrogen and oxygen atoms in total. The molecule has 4 aromatic rings. The Bertz CT molecular complexity index is 1810. The maximum Gasteiger partial charge on any atom is 0.357 e. The van der Waals surface area contributed by atoms with Crippen LogP contribution in [0.5, 0.6) is 5.75 Å². The van der Waals surface area contributed by atoms with Crippen LogP contribution in [0.2, 0.25) is 0 Å². The van der Waals surface area contributed by atoms with Crippen molar-refractivity contribution in [2.75, 3.05) is 30.8 Å². The number of esters is 1. The molecule has 2 amide bonds. The Labute approximate surface area is 266 Å². The van der Waals surface area contributed by atoms with Gasteiger partial charge in [0.05, 0.1) is 7.11 Å². The lowest BCUT2D eigenvalue weighted by Gasteiger charge is -2.22. The molecule has 6 rings (SSSR count). The number of anilines is 2. The Hall–Kier alpha value is -4.70. The van der Waals surface area contributed by atoms with Gasteiger partial charge in [-0.1, -0.05) is 20.8 Å². The molecule has 2 aliphatic rings. The zero-order valence-corrected chi connectivity index (χ0v) is 26.7. The van der Waals surface area contributed by atoms with Crippen LogP contribution in [0.4, 0.5) is 11.4 Å². The van der Waals surface area contributed by atoms with Crippen LogP contribution in [-0.2, 0) is 24.2 Å². The lowest BCUT2D eigenvalue weighted by molar-refractivity contribution is 0.0594. The third-order valence-electron chi connectivity index (χ3n) is 8.05. The highest BCUT2D eigenvalue weighted by Crippen LogP contribution is 2.45. The first-order valence-electron chi connectivity index (χ1n) is 15.2. The molecular weight excluding hydrogens is 588 g/mol. The number of nitrogens with one attached hydrogen (secondary N) is 3. The summed E-state index contributed by atoms with van der Waals surface area (Å²) in [7, 11) is 1.26. The standard InChI is InChI=1S/C35H36N4O5S/c1-5-12-37-34(41)29-7-6-22(31(38-29)35(42)43-4)23-17-30-26(32-20(18-44-30)11-14-45-32)16-25(23)33(40)39-28-9-8-27-21(10-13-36-27)24(28)15-19(2)3/h6-9,11,14,16-17,19,36H,5,10,12-13,15,18H2,1-4H3,(H,37,41)(H,39,40). The molecule has 0 fully saturated rings. The highest BCUT2D eigenvalue weighted by Gasteiger charge is 2.28. The molecule has 0 radical (unpaired) electrons. The average Bonchev–Trinajstić information content (AvgIpc) is 3.73. The molecule has 2 aromatic carbocycles. The molecule has 0 saturated heterocycles. The van der Waals surface area contributed by atoms with Crippen molar-refractivity contribution < 1.29 is 23.9 Å². The van der Waals surface area contributed by atoms with Crippen LogP contribution in [0.1, 0.15) is 75.2 Å². The number of methoxy groups -OCH3 is 1. The monoisotopic (exact) mass is 624 g/mol. The maximum atomic E-state index is 14.4. The molecule has 0 saturated carbocycles. The van der Waals surface area contributed by atoms with Gasteiger partial charge < -0.3 is 25.4 Å². The number of amides is 2. The normalized spacial score (nSPS) is 12.8. The predicted molar refractivity (Wildman–Crippen MR) is 176 cm³/mol. The van der Waals surface area contributed by atoms with E-state index in [0.717, 1.165) is 58.7 Å². The first-order chi connectivity index (χ1) is 21.8. The van der Waals surface area contributed by atoms with E-state index in [0.29, 0.717) is 41.5 Å². The van der Waals surface area contributed by atoms with Crippen molar-refractivity contribution in [3.63, 3.8) is 0 Å². The van der Waals surface area contributed by atoms with Crippen LogP contribution in [-0.4, -0.2) is 43.0 Å². The molecule has 3 N–H and O–H groups in total. The minimum atomic E-state index is -0.717. The van der Waals surface area contributed by atoms with Crippen LogP contribution >= 0.6 is 11.3 Å². The summed E-state index contributed by atoms with van der Waals surface area (Å²) in [5.41, 5.74) is 7.29. The summed E-state index contributed by atoms with van der Waals surface area (Å²) >= 11 is 1.59. The number of rotatable bonds is 9. The van der Waals surface area contributed by atoms with Crippen molar-refractivity contribution in [2.24, 2.45) is 5.92 Å². The van der Waals surface area contributed by atoms with E-state index in [2.05, 4.69) is 34.8 Å². The summed E-state index contributed by atoms with van der Waals surface area (Å²) in [6.45, 7) is 8.03. The van der Waals surface area contributed by atoms with E-state index in [-0.39, 0.29) is 17.3 Å². The number of ether oxygens (including phenoxy) is 2. The van der Waals surface area contributed by atoms with E-state index in [1.807, 2.05) is 36.6 Å². The molecule has 4 heterocycles. The Kier molecular flexibility index (Phi) is 8.58. The van der Waals surface area contributed by atoms with Crippen molar-refractivity contribution in [2.45, 2.75) is 46.6 Å². The quantitative estimate of drug-likeness (QED) is 0.177. The zero-order chi connectivity index (χ0) is 31.7. The van der Waals surface area contributed by atoms with E-state index in [9.17, 15) is 14.4 Å². The molecule has 0 atom stereocenters. The Morgan fingerprint density at radius 1 is 1.07 bits per heavy atom. The van der Waals surface area contributed by atoms with Gasteiger partial charge in [0.15, 0.2) is 5.69 Å². The van der Waals surface area contributed by atoms with Gasteiger partial charge in [0.1, 0.15) is 18.1 Å². The molecule has 2 aromatic heterocycles. The van der Waals surface area contributed by atoms with Gasteiger partial charge in [-0.3, -0.25) is 9.59 Å². The Morgan fingerprint density at radius 2 is 1.91 bits per heavy atom. The first kappa shape index (κ1) is 30.3. The van der Waals surface area contributed by atoms with Gasteiger partial charge in [-0.05, 0) is 84.2 Å². The van der Waals surface area contributed by atoms with Crippen molar-refractivity contribution >= 4 is 40.5 Å². The first-order valence-corrected chi connectivity index (χ1v) is 16.1. The third kappa shape index (κ3) is 5.90.